The van der Waals surface area contributed by atoms with Crippen LogP contribution in [0.3, 0.4) is 0 Å². The van der Waals surface area contributed by atoms with E-state index >= 15 is 0 Å². The highest BCUT2D eigenvalue weighted by Gasteiger charge is 2.25. The largest absolute Gasteiger partial charge is 0.492 e. The summed E-state index contributed by atoms with van der Waals surface area (Å²) in [6.45, 7) is 4.07. The second kappa shape index (κ2) is 8.25. The Morgan fingerprint density at radius 2 is 2.05 bits per heavy atom. The van der Waals surface area contributed by atoms with Gasteiger partial charge in [0.2, 0.25) is 0 Å². The molecule has 0 aromatic heterocycles. The van der Waals surface area contributed by atoms with E-state index in [2.05, 4.69) is 5.32 Å². The number of nitrogens with zero attached hydrogens (tertiary/aromatic N) is 1. The molecule has 22 heavy (non-hydrogen) atoms. The lowest BCUT2D eigenvalue weighted by Crippen LogP contribution is -2.46. The van der Waals surface area contributed by atoms with E-state index in [1.54, 1.807) is 29.2 Å². The fourth-order valence-electron chi connectivity index (χ4n) is 2.55. The van der Waals surface area contributed by atoms with Crippen LogP contribution in [0, 0.1) is 5.92 Å². The van der Waals surface area contributed by atoms with Gasteiger partial charge >= 0.3 is 6.03 Å². The van der Waals surface area contributed by atoms with E-state index in [4.69, 9.17) is 16.3 Å². The molecule has 2 N–H and O–H groups in total. The maximum atomic E-state index is 12.0. The van der Waals surface area contributed by atoms with Gasteiger partial charge in [-0.15, -0.1) is 0 Å². The number of rotatable bonds is 5. The van der Waals surface area contributed by atoms with Crippen molar-refractivity contribution in [3.8, 4) is 5.75 Å². The second-order valence-electron chi connectivity index (χ2n) is 5.60. The summed E-state index contributed by atoms with van der Waals surface area (Å²) in [6, 6.07) is 7.06. The third-order valence-corrected chi connectivity index (χ3v) is 4.22. The van der Waals surface area contributed by atoms with Crippen LogP contribution in [0.25, 0.3) is 0 Å². The topological polar surface area (TPSA) is 61.8 Å². The zero-order valence-corrected chi connectivity index (χ0v) is 13.6. The molecule has 1 unspecified atom stereocenters. The normalized spacial score (nSPS) is 17.1. The van der Waals surface area contributed by atoms with Crippen molar-refractivity contribution in [3.05, 3.63) is 29.3 Å². The Kier molecular flexibility index (Phi) is 6.34. The van der Waals surface area contributed by atoms with E-state index in [0.29, 0.717) is 37.2 Å². The van der Waals surface area contributed by atoms with Crippen LogP contribution < -0.4 is 10.1 Å². The number of ether oxygens (including phenoxy) is 1. The standard InChI is InChI=1S/C16H23ClN2O3/c1-12(20)13-6-9-19(10-7-13)16(21)18-8-11-22-15-4-2-14(17)3-5-15/h2-5,12-13,20H,6-11H2,1H3,(H,18,21). The summed E-state index contributed by atoms with van der Waals surface area (Å²) < 4.78 is 5.52. The van der Waals surface area contributed by atoms with Gasteiger partial charge in [-0.05, 0) is 49.9 Å². The number of aliphatic hydroxyl groups is 1. The minimum atomic E-state index is -0.294. The Morgan fingerprint density at radius 3 is 2.64 bits per heavy atom. The molecule has 2 rings (SSSR count). The first-order chi connectivity index (χ1) is 10.6. The van der Waals surface area contributed by atoms with Crippen LogP contribution >= 0.6 is 11.6 Å². The average Bonchev–Trinajstić information content (AvgIpc) is 2.53. The first-order valence-corrected chi connectivity index (χ1v) is 8.03. The summed E-state index contributed by atoms with van der Waals surface area (Å²) in [4.78, 5) is 13.8. The molecule has 0 aliphatic carbocycles. The van der Waals surface area contributed by atoms with Crippen molar-refractivity contribution >= 4 is 17.6 Å². The summed E-state index contributed by atoms with van der Waals surface area (Å²) >= 11 is 5.80. The zero-order chi connectivity index (χ0) is 15.9. The molecule has 122 valence electrons. The molecule has 1 atom stereocenters. The van der Waals surface area contributed by atoms with Gasteiger partial charge in [0.05, 0.1) is 12.6 Å². The Balaban J connectivity index is 1.63. The predicted molar refractivity (Wildman–Crippen MR) is 86.3 cm³/mol. The summed E-state index contributed by atoms with van der Waals surface area (Å²) in [6.07, 6.45) is 1.41. The fraction of sp³-hybridized carbons (Fsp3) is 0.562. The highest BCUT2D eigenvalue weighted by atomic mass is 35.5. The third kappa shape index (κ3) is 5.07. The minimum Gasteiger partial charge on any atom is -0.492 e. The second-order valence-corrected chi connectivity index (χ2v) is 6.04. The Hall–Kier alpha value is -1.46. The number of nitrogens with one attached hydrogen (secondary N) is 1. The molecular weight excluding hydrogens is 304 g/mol. The average molecular weight is 327 g/mol. The molecule has 1 fully saturated rings. The number of hydrogen-bond donors (Lipinski definition) is 2. The lowest BCUT2D eigenvalue weighted by molar-refractivity contribution is 0.0797. The number of carbonyl (C=O) groups excluding carboxylic acids is 1. The molecule has 0 spiro atoms. The van der Waals surface area contributed by atoms with Gasteiger partial charge in [-0.25, -0.2) is 4.79 Å². The maximum absolute atomic E-state index is 12.0. The van der Waals surface area contributed by atoms with Crippen molar-refractivity contribution in [2.45, 2.75) is 25.9 Å². The first-order valence-electron chi connectivity index (χ1n) is 7.65. The number of likely N-dealkylation sites (tertiary alicyclic amines) is 1. The van der Waals surface area contributed by atoms with Crippen molar-refractivity contribution in [3.63, 3.8) is 0 Å². The number of benzene rings is 1. The van der Waals surface area contributed by atoms with Gasteiger partial charge in [0, 0.05) is 18.1 Å². The van der Waals surface area contributed by atoms with E-state index < -0.39 is 0 Å². The Labute approximate surface area is 136 Å². The molecule has 0 bridgehead atoms. The molecule has 1 aromatic carbocycles. The van der Waals surface area contributed by atoms with Crippen LogP contribution in [-0.4, -0.2) is 48.4 Å². The fourth-order valence-corrected chi connectivity index (χ4v) is 2.68. The smallest absolute Gasteiger partial charge is 0.317 e. The number of carbonyl (C=O) groups is 1. The SMILES string of the molecule is CC(O)C1CCN(C(=O)NCCOc2ccc(Cl)cc2)CC1. The van der Waals surface area contributed by atoms with Crippen molar-refractivity contribution in [1.29, 1.82) is 0 Å². The van der Waals surface area contributed by atoms with Gasteiger partial charge in [-0.3, -0.25) is 0 Å². The number of amides is 2. The molecule has 1 saturated heterocycles. The van der Waals surface area contributed by atoms with E-state index in [1.807, 2.05) is 6.92 Å². The molecule has 1 aromatic rings. The molecule has 2 amide bonds. The van der Waals surface area contributed by atoms with Crippen LogP contribution in [0.4, 0.5) is 4.79 Å². The summed E-state index contributed by atoms with van der Waals surface area (Å²) in [5.41, 5.74) is 0. The zero-order valence-electron chi connectivity index (χ0n) is 12.8. The molecule has 6 heteroatoms. The van der Waals surface area contributed by atoms with Crippen LogP contribution in [0.5, 0.6) is 5.75 Å². The molecule has 1 heterocycles. The maximum Gasteiger partial charge on any atom is 0.317 e. The highest BCUT2D eigenvalue weighted by molar-refractivity contribution is 6.30. The lowest BCUT2D eigenvalue weighted by atomic mass is 9.92. The first kappa shape index (κ1) is 16.9. The van der Waals surface area contributed by atoms with Gasteiger partial charge in [-0.1, -0.05) is 11.6 Å². The Morgan fingerprint density at radius 1 is 1.41 bits per heavy atom. The number of piperidine rings is 1. The van der Waals surface area contributed by atoms with Crippen LogP contribution in [-0.2, 0) is 0 Å². The van der Waals surface area contributed by atoms with E-state index in [1.165, 1.54) is 0 Å². The Bertz CT molecular complexity index is 471. The van der Waals surface area contributed by atoms with Crippen LogP contribution in [0.1, 0.15) is 19.8 Å². The molecule has 1 aliphatic heterocycles. The summed E-state index contributed by atoms with van der Waals surface area (Å²) in [5, 5.41) is 13.1. The number of halogens is 1. The number of aliphatic hydroxyl groups excluding tert-OH is 1. The quantitative estimate of drug-likeness (QED) is 0.817. The van der Waals surface area contributed by atoms with Crippen molar-refractivity contribution in [2.24, 2.45) is 5.92 Å². The van der Waals surface area contributed by atoms with Gasteiger partial charge < -0.3 is 20.1 Å². The van der Waals surface area contributed by atoms with Crippen LogP contribution in [0.2, 0.25) is 5.02 Å². The van der Waals surface area contributed by atoms with E-state index in [9.17, 15) is 9.90 Å². The van der Waals surface area contributed by atoms with Crippen LogP contribution in [0.15, 0.2) is 24.3 Å². The number of hydrogen-bond acceptors (Lipinski definition) is 3. The molecule has 0 saturated carbocycles. The number of urea groups is 1. The highest BCUT2D eigenvalue weighted by Crippen LogP contribution is 2.20. The monoisotopic (exact) mass is 326 g/mol. The van der Waals surface area contributed by atoms with Crippen molar-refractivity contribution in [2.75, 3.05) is 26.2 Å². The van der Waals surface area contributed by atoms with Gasteiger partial charge in [0.25, 0.3) is 0 Å². The van der Waals surface area contributed by atoms with Gasteiger partial charge in [-0.2, -0.15) is 0 Å². The van der Waals surface area contributed by atoms with E-state index in [0.717, 1.165) is 18.6 Å². The lowest BCUT2D eigenvalue weighted by Gasteiger charge is -2.33. The van der Waals surface area contributed by atoms with Crippen molar-refractivity contribution in [1.82, 2.24) is 10.2 Å². The third-order valence-electron chi connectivity index (χ3n) is 3.97. The van der Waals surface area contributed by atoms with Gasteiger partial charge in [0.15, 0.2) is 0 Å². The predicted octanol–water partition coefficient (Wildman–Crippen LogP) is 2.52. The summed E-state index contributed by atoms with van der Waals surface area (Å²) in [5.74, 6) is 1.04. The molecule has 1 aliphatic rings. The summed E-state index contributed by atoms with van der Waals surface area (Å²) in [7, 11) is 0. The van der Waals surface area contributed by atoms with E-state index in [-0.39, 0.29) is 12.1 Å². The van der Waals surface area contributed by atoms with Crippen molar-refractivity contribution < 1.29 is 14.6 Å². The molecular formula is C16H23ClN2O3. The molecule has 5 nitrogen and oxygen atoms in total. The minimum absolute atomic E-state index is 0.0660. The molecule has 0 radical (unpaired) electrons. The van der Waals surface area contributed by atoms with Gasteiger partial charge in [0.1, 0.15) is 12.4 Å².